The molecule has 0 amide bonds. The predicted molar refractivity (Wildman–Crippen MR) is 72.6 cm³/mol. The van der Waals surface area contributed by atoms with Crippen molar-refractivity contribution in [3.63, 3.8) is 0 Å². The molecule has 2 aliphatic rings. The van der Waals surface area contributed by atoms with E-state index >= 15 is 0 Å². The summed E-state index contributed by atoms with van der Waals surface area (Å²) < 4.78 is 49.2. The van der Waals surface area contributed by atoms with Crippen LogP contribution in [0, 0.1) is 0 Å². The second-order valence-corrected chi connectivity index (χ2v) is 5.92. The Bertz CT molecular complexity index is 515. The molecule has 0 aliphatic carbocycles. The van der Waals surface area contributed by atoms with Crippen molar-refractivity contribution in [3.05, 3.63) is 17.8 Å². The molecule has 8 heteroatoms. The molecule has 2 aliphatic heterocycles. The molecule has 0 bridgehead atoms. The van der Waals surface area contributed by atoms with Crippen LogP contribution >= 0.6 is 0 Å². The molecule has 2 fully saturated rings. The maximum atomic E-state index is 12.6. The van der Waals surface area contributed by atoms with Crippen LogP contribution < -0.4 is 4.90 Å². The van der Waals surface area contributed by atoms with Gasteiger partial charge in [-0.15, -0.1) is 10.2 Å². The normalized spacial score (nSPS) is 29.8. The van der Waals surface area contributed by atoms with Gasteiger partial charge in [0.05, 0.1) is 19.3 Å². The first-order valence-corrected chi connectivity index (χ1v) is 7.29. The minimum absolute atomic E-state index is 0.0421. The standard InChI is InChI=1S/C14H18F3N3O2/c1-10-7-20(8-13(22-10)5-2-6-21-9-13)12-4-3-11(18-19-12)14(15,16)17/h3-4,10H,2,5-9H2,1H3/t10-,13+/m1/s1. The first-order valence-electron chi connectivity index (χ1n) is 7.29. The lowest BCUT2D eigenvalue weighted by Crippen LogP contribution is -2.58. The van der Waals surface area contributed by atoms with Crippen LogP contribution in [-0.2, 0) is 15.7 Å². The number of morpholine rings is 1. The first-order chi connectivity index (χ1) is 10.4. The molecule has 1 aromatic rings. The lowest BCUT2D eigenvalue weighted by molar-refractivity contribution is -0.160. The topological polar surface area (TPSA) is 47.5 Å². The number of anilines is 1. The maximum Gasteiger partial charge on any atom is 0.435 e. The zero-order valence-corrected chi connectivity index (χ0v) is 12.3. The minimum atomic E-state index is -4.47. The number of ether oxygens (including phenoxy) is 2. The SMILES string of the molecule is C[C@@H]1CN(c2ccc(C(F)(F)F)nn2)C[C@]2(CCCOC2)O1. The van der Waals surface area contributed by atoms with Gasteiger partial charge in [-0.05, 0) is 31.9 Å². The van der Waals surface area contributed by atoms with Gasteiger partial charge >= 0.3 is 6.18 Å². The highest BCUT2D eigenvalue weighted by molar-refractivity contribution is 5.39. The Morgan fingerprint density at radius 3 is 2.73 bits per heavy atom. The summed E-state index contributed by atoms with van der Waals surface area (Å²) in [6.45, 7) is 4.29. The van der Waals surface area contributed by atoms with Crippen molar-refractivity contribution in [3.8, 4) is 0 Å². The van der Waals surface area contributed by atoms with Crippen LogP contribution in [0.1, 0.15) is 25.5 Å². The van der Waals surface area contributed by atoms with Crippen LogP contribution in [0.5, 0.6) is 0 Å². The molecular weight excluding hydrogens is 299 g/mol. The van der Waals surface area contributed by atoms with E-state index in [-0.39, 0.29) is 6.10 Å². The van der Waals surface area contributed by atoms with Gasteiger partial charge in [-0.3, -0.25) is 0 Å². The van der Waals surface area contributed by atoms with E-state index in [1.807, 2.05) is 11.8 Å². The molecule has 0 N–H and O–H groups in total. The van der Waals surface area contributed by atoms with Crippen molar-refractivity contribution in [2.45, 2.75) is 37.6 Å². The molecule has 122 valence electrons. The zero-order valence-electron chi connectivity index (χ0n) is 12.3. The molecule has 0 unspecified atom stereocenters. The summed E-state index contributed by atoms with van der Waals surface area (Å²) in [5, 5.41) is 7.04. The van der Waals surface area contributed by atoms with Crippen molar-refractivity contribution in [1.29, 1.82) is 0 Å². The predicted octanol–water partition coefficient (Wildman–Crippen LogP) is 2.27. The van der Waals surface area contributed by atoms with Crippen LogP contribution in [0.4, 0.5) is 19.0 Å². The Labute approximate surface area is 126 Å². The monoisotopic (exact) mass is 317 g/mol. The molecule has 0 aromatic carbocycles. The fourth-order valence-electron chi connectivity index (χ4n) is 3.09. The van der Waals surface area contributed by atoms with E-state index < -0.39 is 17.5 Å². The third kappa shape index (κ3) is 3.17. The molecule has 0 radical (unpaired) electrons. The van der Waals surface area contributed by atoms with Crippen LogP contribution in [0.3, 0.4) is 0 Å². The summed E-state index contributed by atoms with van der Waals surface area (Å²) in [5.41, 5.74) is -1.38. The van der Waals surface area contributed by atoms with Gasteiger partial charge in [0.2, 0.25) is 0 Å². The Balaban J connectivity index is 1.78. The average molecular weight is 317 g/mol. The molecule has 1 aromatic heterocycles. The molecule has 0 saturated carbocycles. The molecule has 2 atom stereocenters. The summed E-state index contributed by atoms with van der Waals surface area (Å²) >= 11 is 0. The highest BCUT2D eigenvalue weighted by Crippen LogP contribution is 2.32. The van der Waals surface area contributed by atoms with Crippen molar-refractivity contribution in [2.75, 3.05) is 31.2 Å². The number of hydrogen-bond donors (Lipinski definition) is 0. The largest absolute Gasteiger partial charge is 0.435 e. The van der Waals surface area contributed by atoms with Crippen molar-refractivity contribution < 1.29 is 22.6 Å². The summed E-state index contributed by atoms with van der Waals surface area (Å²) in [6, 6.07) is 2.33. The quantitative estimate of drug-likeness (QED) is 0.795. The summed E-state index contributed by atoms with van der Waals surface area (Å²) in [5.74, 6) is 0.438. The fraction of sp³-hybridized carbons (Fsp3) is 0.714. The third-order valence-corrected chi connectivity index (χ3v) is 3.96. The molecular formula is C14H18F3N3O2. The summed E-state index contributed by atoms with van der Waals surface area (Å²) in [6.07, 6.45) is -2.72. The number of aromatic nitrogens is 2. The fourth-order valence-corrected chi connectivity index (χ4v) is 3.09. The van der Waals surface area contributed by atoms with E-state index in [1.165, 1.54) is 6.07 Å². The van der Waals surface area contributed by atoms with E-state index in [1.54, 1.807) is 0 Å². The van der Waals surface area contributed by atoms with E-state index in [0.717, 1.165) is 25.5 Å². The Hall–Kier alpha value is -1.41. The van der Waals surface area contributed by atoms with Gasteiger partial charge in [-0.2, -0.15) is 13.2 Å². The smallest absolute Gasteiger partial charge is 0.378 e. The number of alkyl halides is 3. The number of hydrogen-bond acceptors (Lipinski definition) is 5. The van der Waals surface area contributed by atoms with Gasteiger partial charge in [0.1, 0.15) is 5.60 Å². The van der Waals surface area contributed by atoms with Gasteiger partial charge in [0, 0.05) is 13.2 Å². The first kappa shape index (κ1) is 15.5. The Morgan fingerprint density at radius 2 is 2.14 bits per heavy atom. The second kappa shape index (κ2) is 5.66. The minimum Gasteiger partial charge on any atom is -0.378 e. The number of rotatable bonds is 1. The second-order valence-electron chi connectivity index (χ2n) is 5.92. The van der Waals surface area contributed by atoms with Crippen molar-refractivity contribution >= 4 is 5.82 Å². The zero-order chi connectivity index (χ0) is 15.8. The van der Waals surface area contributed by atoms with Crippen LogP contribution in [0.15, 0.2) is 12.1 Å². The Kier molecular flexibility index (Phi) is 3.98. The van der Waals surface area contributed by atoms with Gasteiger partial charge in [0.15, 0.2) is 11.5 Å². The Morgan fingerprint density at radius 1 is 1.32 bits per heavy atom. The van der Waals surface area contributed by atoms with Crippen LogP contribution in [0.25, 0.3) is 0 Å². The lowest BCUT2D eigenvalue weighted by atomic mass is 9.93. The molecule has 3 heterocycles. The highest BCUT2D eigenvalue weighted by Gasteiger charge is 2.42. The maximum absolute atomic E-state index is 12.6. The lowest BCUT2D eigenvalue weighted by Gasteiger charge is -2.47. The van der Waals surface area contributed by atoms with Gasteiger partial charge in [-0.1, -0.05) is 0 Å². The van der Waals surface area contributed by atoms with Crippen LogP contribution in [-0.4, -0.2) is 48.2 Å². The van der Waals surface area contributed by atoms with Gasteiger partial charge < -0.3 is 14.4 Å². The third-order valence-electron chi connectivity index (χ3n) is 3.96. The van der Waals surface area contributed by atoms with Crippen molar-refractivity contribution in [1.82, 2.24) is 10.2 Å². The average Bonchev–Trinajstić information content (AvgIpc) is 2.46. The summed E-state index contributed by atoms with van der Waals surface area (Å²) in [4.78, 5) is 1.93. The van der Waals surface area contributed by atoms with E-state index in [2.05, 4.69) is 10.2 Å². The number of halogens is 3. The highest BCUT2D eigenvalue weighted by atomic mass is 19.4. The van der Waals surface area contributed by atoms with E-state index in [9.17, 15) is 13.2 Å². The van der Waals surface area contributed by atoms with E-state index in [4.69, 9.17) is 9.47 Å². The molecule has 5 nitrogen and oxygen atoms in total. The van der Waals surface area contributed by atoms with Crippen molar-refractivity contribution in [2.24, 2.45) is 0 Å². The van der Waals surface area contributed by atoms with Crippen LogP contribution in [0.2, 0.25) is 0 Å². The van der Waals surface area contributed by atoms with E-state index in [0.29, 0.717) is 25.5 Å². The molecule has 2 saturated heterocycles. The van der Waals surface area contributed by atoms with Gasteiger partial charge in [-0.25, -0.2) is 0 Å². The van der Waals surface area contributed by atoms with Gasteiger partial charge in [0.25, 0.3) is 0 Å². The molecule has 1 spiro atoms. The molecule has 22 heavy (non-hydrogen) atoms. The summed E-state index contributed by atoms with van der Waals surface area (Å²) in [7, 11) is 0. The molecule has 3 rings (SSSR count). The number of nitrogens with zero attached hydrogens (tertiary/aromatic N) is 3.